The second-order valence-electron chi connectivity index (χ2n) is 4.47. The minimum absolute atomic E-state index is 0.319. The van der Waals surface area contributed by atoms with Crippen LogP contribution in [0.3, 0.4) is 0 Å². The smallest absolute Gasteiger partial charge is 0.119 e. The number of ether oxygens (including phenoxy) is 1. The first kappa shape index (κ1) is 12.4. The molecule has 1 aliphatic heterocycles. The van der Waals surface area contributed by atoms with E-state index in [1.54, 1.807) is 0 Å². The molecule has 17 heavy (non-hydrogen) atoms. The van der Waals surface area contributed by atoms with Gasteiger partial charge in [-0.3, -0.25) is 5.43 Å². The van der Waals surface area contributed by atoms with E-state index in [2.05, 4.69) is 29.9 Å². The van der Waals surface area contributed by atoms with Crippen LogP contribution in [0.25, 0.3) is 0 Å². The van der Waals surface area contributed by atoms with Crippen molar-refractivity contribution in [1.29, 1.82) is 0 Å². The first-order valence-electron chi connectivity index (χ1n) is 6.20. The highest BCUT2D eigenvalue weighted by Crippen LogP contribution is 2.28. The maximum atomic E-state index is 5.71. The number of hydrogen-bond acceptors (Lipinski definition) is 4. The summed E-state index contributed by atoms with van der Waals surface area (Å²) in [6.07, 6.45) is 0. The third kappa shape index (κ3) is 2.60. The number of nitrogens with one attached hydrogen (secondary N) is 2. The zero-order valence-corrected chi connectivity index (χ0v) is 10.4. The Labute approximate surface area is 103 Å². The van der Waals surface area contributed by atoms with E-state index in [0.29, 0.717) is 31.2 Å². The van der Waals surface area contributed by atoms with Crippen LogP contribution >= 0.6 is 0 Å². The molecule has 0 amide bonds. The van der Waals surface area contributed by atoms with Gasteiger partial charge in [0.1, 0.15) is 5.75 Å². The molecule has 2 rings (SSSR count). The molecule has 94 valence electrons. The number of rotatable bonds is 4. The van der Waals surface area contributed by atoms with E-state index in [4.69, 9.17) is 10.5 Å². The zero-order valence-electron chi connectivity index (χ0n) is 10.4. The summed E-state index contributed by atoms with van der Waals surface area (Å²) in [6.45, 7) is 5.56. The Hall–Kier alpha value is -1.10. The molecule has 1 fully saturated rings. The fraction of sp³-hybridized carbons (Fsp3) is 0.538. The molecule has 3 unspecified atom stereocenters. The second kappa shape index (κ2) is 5.49. The van der Waals surface area contributed by atoms with Gasteiger partial charge in [0, 0.05) is 12.6 Å². The van der Waals surface area contributed by atoms with E-state index in [0.717, 1.165) is 5.75 Å². The van der Waals surface area contributed by atoms with Crippen LogP contribution < -0.4 is 21.3 Å². The molecule has 4 N–H and O–H groups in total. The van der Waals surface area contributed by atoms with Crippen molar-refractivity contribution in [3.63, 3.8) is 0 Å². The topological polar surface area (TPSA) is 59.3 Å². The maximum absolute atomic E-state index is 5.71. The SMILES string of the molecule is CCOc1ccc(C2NNC(CN)C2C)cc1. The molecule has 1 saturated heterocycles. The zero-order chi connectivity index (χ0) is 12.3. The summed E-state index contributed by atoms with van der Waals surface area (Å²) in [5, 5.41) is 0. The molecule has 1 aromatic rings. The highest BCUT2D eigenvalue weighted by Gasteiger charge is 2.32. The predicted molar refractivity (Wildman–Crippen MR) is 68.6 cm³/mol. The molecule has 4 heteroatoms. The predicted octanol–water partition coefficient (Wildman–Crippen LogP) is 1.20. The molecule has 4 nitrogen and oxygen atoms in total. The summed E-state index contributed by atoms with van der Waals surface area (Å²) >= 11 is 0. The van der Waals surface area contributed by atoms with E-state index in [1.807, 2.05) is 19.1 Å². The van der Waals surface area contributed by atoms with Gasteiger partial charge >= 0.3 is 0 Å². The summed E-state index contributed by atoms with van der Waals surface area (Å²) in [6, 6.07) is 8.91. The van der Waals surface area contributed by atoms with Gasteiger partial charge in [0.2, 0.25) is 0 Å². The Balaban J connectivity index is 2.07. The Kier molecular flexibility index (Phi) is 3.99. The molecular weight excluding hydrogens is 214 g/mol. The van der Waals surface area contributed by atoms with Gasteiger partial charge in [0.05, 0.1) is 12.6 Å². The largest absolute Gasteiger partial charge is 0.494 e. The standard InChI is InChI=1S/C13H21N3O/c1-3-17-11-6-4-10(5-7-11)13-9(2)12(8-14)15-16-13/h4-7,9,12-13,15-16H,3,8,14H2,1-2H3. The first-order valence-corrected chi connectivity index (χ1v) is 6.20. The Morgan fingerprint density at radius 2 is 1.94 bits per heavy atom. The molecular formula is C13H21N3O. The molecule has 0 aliphatic carbocycles. The van der Waals surface area contributed by atoms with Crippen LogP contribution in [0, 0.1) is 5.92 Å². The summed E-state index contributed by atoms with van der Waals surface area (Å²) in [7, 11) is 0. The van der Waals surface area contributed by atoms with Crippen molar-refractivity contribution >= 4 is 0 Å². The third-order valence-corrected chi connectivity index (χ3v) is 3.39. The van der Waals surface area contributed by atoms with Crippen molar-refractivity contribution in [2.75, 3.05) is 13.2 Å². The lowest BCUT2D eigenvalue weighted by Crippen LogP contribution is -2.37. The van der Waals surface area contributed by atoms with Crippen LogP contribution in [0.15, 0.2) is 24.3 Å². The summed E-state index contributed by atoms with van der Waals surface area (Å²) in [4.78, 5) is 0. The lowest BCUT2D eigenvalue weighted by molar-refractivity contribution is 0.340. The number of benzene rings is 1. The maximum Gasteiger partial charge on any atom is 0.119 e. The van der Waals surface area contributed by atoms with E-state index < -0.39 is 0 Å². The Morgan fingerprint density at radius 1 is 1.24 bits per heavy atom. The van der Waals surface area contributed by atoms with Crippen LogP contribution in [0.5, 0.6) is 5.75 Å². The lowest BCUT2D eigenvalue weighted by atomic mass is 9.91. The molecule has 0 spiro atoms. The third-order valence-electron chi connectivity index (χ3n) is 3.39. The van der Waals surface area contributed by atoms with Crippen molar-refractivity contribution in [3.05, 3.63) is 29.8 Å². The number of hydrazine groups is 1. The molecule has 1 aromatic carbocycles. The van der Waals surface area contributed by atoms with Gasteiger partial charge in [-0.25, -0.2) is 5.43 Å². The van der Waals surface area contributed by atoms with E-state index in [1.165, 1.54) is 5.56 Å². The molecule has 1 aliphatic rings. The van der Waals surface area contributed by atoms with Crippen LogP contribution in [0.4, 0.5) is 0 Å². The van der Waals surface area contributed by atoms with Gasteiger partial charge < -0.3 is 10.5 Å². The molecule has 0 radical (unpaired) electrons. The summed E-state index contributed by atoms with van der Waals surface area (Å²) in [5.41, 5.74) is 13.5. The highest BCUT2D eigenvalue weighted by molar-refractivity contribution is 5.30. The molecule has 3 atom stereocenters. The number of hydrogen-bond donors (Lipinski definition) is 3. The molecule has 0 aromatic heterocycles. The Bertz CT molecular complexity index is 352. The average molecular weight is 235 g/mol. The van der Waals surface area contributed by atoms with Gasteiger partial charge in [-0.15, -0.1) is 0 Å². The van der Waals surface area contributed by atoms with E-state index in [-0.39, 0.29) is 0 Å². The minimum Gasteiger partial charge on any atom is -0.494 e. The van der Waals surface area contributed by atoms with E-state index in [9.17, 15) is 0 Å². The van der Waals surface area contributed by atoms with Crippen molar-refractivity contribution < 1.29 is 4.74 Å². The highest BCUT2D eigenvalue weighted by atomic mass is 16.5. The van der Waals surface area contributed by atoms with Crippen molar-refractivity contribution in [1.82, 2.24) is 10.9 Å². The first-order chi connectivity index (χ1) is 8.26. The lowest BCUT2D eigenvalue weighted by Gasteiger charge is -2.18. The van der Waals surface area contributed by atoms with Crippen LogP contribution in [-0.2, 0) is 0 Å². The Morgan fingerprint density at radius 3 is 2.47 bits per heavy atom. The molecule has 1 heterocycles. The summed E-state index contributed by atoms with van der Waals surface area (Å²) in [5.74, 6) is 1.41. The van der Waals surface area contributed by atoms with Crippen LogP contribution in [0.2, 0.25) is 0 Å². The summed E-state index contributed by atoms with van der Waals surface area (Å²) < 4.78 is 5.44. The average Bonchev–Trinajstić information content (AvgIpc) is 2.72. The molecule has 0 bridgehead atoms. The second-order valence-corrected chi connectivity index (χ2v) is 4.47. The van der Waals surface area contributed by atoms with Crippen LogP contribution in [0.1, 0.15) is 25.5 Å². The monoisotopic (exact) mass is 235 g/mol. The fourth-order valence-corrected chi connectivity index (χ4v) is 2.29. The quantitative estimate of drug-likeness (QED) is 0.734. The van der Waals surface area contributed by atoms with Crippen LogP contribution in [-0.4, -0.2) is 19.2 Å². The van der Waals surface area contributed by atoms with Gasteiger partial charge in [-0.2, -0.15) is 0 Å². The van der Waals surface area contributed by atoms with Crippen molar-refractivity contribution in [2.24, 2.45) is 11.7 Å². The fourth-order valence-electron chi connectivity index (χ4n) is 2.29. The van der Waals surface area contributed by atoms with Gasteiger partial charge in [-0.1, -0.05) is 19.1 Å². The number of nitrogens with two attached hydrogens (primary N) is 1. The normalized spacial score (nSPS) is 28.3. The van der Waals surface area contributed by atoms with Gasteiger partial charge in [-0.05, 0) is 30.5 Å². The van der Waals surface area contributed by atoms with E-state index >= 15 is 0 Å². The van der Waals surface area contributed by atoms with Crippen molar-refractivity contribution in [3.8, 4) is 5.75 Å². The van der Waals surface area contributed by atoms with Gasteiger partial charge in [0.15, 0.2) is 0 Å². The van der Waals surface area contributed by atoms with Crippen molar-refractivity contribution in [2.45, 2.75) is 25.9 Å². The van der Waals surface area contributed by atoms with Gasteiger partial charge in [0.25, 0.3) is 0 Å². The minimum atomic E-state index is 0.319. The molecule has 0 saturated carbocycles.